The van der Waals surface area contributed by atoms with Crippen molar-refractivity contribution in [3.63, 3.8) is 0 Å². The fourth-order valence-corrected chi connectivity index (χ4v) is 2.00. The largest absolute Gasteiger partial charge is 0.493 e. The minimum atomic E-state index is 0.613. The van der Waals surface area contributed by atoms with Crippen LogP contribution in [0.3, 0.4) is 0 Å². The fraction of sp³-hybridized carbons (Fsp3) is 0.400. The van der Waals surface area contributed by atoms with Gasteiger partial charge in [-0.3, -0.25) is 4.98 Å². The van der Waals surface area contributed by atoms with Crippen molar-refractivity contribution in [1.82, 2.24) is 4.98 Å². The summed E-state index contributed by atoms with van der Waals surface area (Å²) >= 11 is 0. The molecule has 0 aliphatic heterocycles. The molecule has 3 nitrogen and oxygen atoms in total. The highest BCUT2D eigenvalue weighted by molar-refractivity contribution is 5.87. The summed E-state index contributed by atoms with van der Waals surface area (Å²) in [6.07, 6.45) is 4.06. The number of nitrogen functional groups attached to an aromatic ring is 1. The molecule has 0 saturated heterocycles. The Hall–Kier alpha value is -1.77. The van der Waals surface area contributed by atoms with Crippen LogP contribution in [0.1, 0.15) is 26.7 Å². The Kier molecular flexibility index (Phi) is 4.03. The average molecular weight is 244 g/mol. The number of nitrogens with two attached hydrogens (primary N) is 1. The number of anilines is 1. The van der Waals surface area contributed by atoms with Gasteiger partial charge in [0.25, 0.3) is 0 Å². The Morgan fingerprint density at radius 2 is 2.00 bits per heavy atom. The third-order valence-corrected chi connectivity index (χ3v) is 3.36. The molecule has 0 aliphatic carbocycles. The monoisotopic (exact) mass is 244 g/mol. The van der Waals surface area contributed by atoms with Crippen LogP contribution < -0.4 is 10.5 Å². The normalized spacial score (nSPS) is 11.1. The first-order chi connectivity index (χ1) is 8.74. The highest BCUT2D eigenvalue weighted by Crippen LogP contribution is 2.26. The summed E-state index contributed by atoms with van der Waals surface area (Å²) < 4.78 is 5.92. The van der Waals surface area contributed by atoms with Crippen molar-refractivity contribution in [2.45, 2.75) is 26.7 Å². The highest BCUT2D eigenvalue weighted by Gasteiger charge is 2.07. The van der Waals surface area contributed by atoms with Crippen LogP contribution in [-0.4, -0.2) is 11.6 Å². The van der Waals surface area contributed by atoms with E-state index in [0.29, 0.717) is 5.92 Å². The number of fused-ring (bicyclic) bond motifs is 1. The molecule has 0 bridgehead atoms. The maximum Gasteiger partial charge on any atom is 0.130 e. The van der Waals surface area contributed by atoms with Crippen molar-refractivity contribution < 1.29 is 4.74 Å². The zero-order chi connectivity index (χ0) is 13.0. The summed E-state index contributed by atoms with van der Waals surface area (Å²) in [4.78, 5) is 4.31. The van der Waals surface area contributed by atoms with Crippen LogP contribution in [0.25, 0.3) is 10.9 Å². The summed E-state index contributed by atoms with van der Waals surface area (Å²) in [6.45, 7) is 5.16. The molecule has 2 N–H and O–H groups in total. The number of benzene rings is 1. The summed E-state index contributed by atoms with van der Waals surface area (Å²) in [6, 6.07) is 7.65. The minimum absolute atomic E-state index is 0.613. The van der Waals surface area contributed by atoms with E-state index in [1.807, 2.05) is 24.3 Å². The predicted molar refractivity (Wildman–Crippen MR) is 75.7 cm³/mol. The Labute approximate surface area is 108 Å². The molecule has 1 aromatic heterocycles. The van der Waals surface area contributed by atoms with Crippen LogP contribution in [0.15, 0.2) is 30.5 Å². The zero-order valence-corrected chi connectivity index (χ0v) is 11.0. The number of pyridine rings is 1. The minimum Gasteiger partial charge on any atom is -0.493 e. The van der Waals surface area contributed by atoms with Gasteiger partial charge >= 0.3 is 0 Å². The van der Waals surface area contributed by atoms with Gasteiger partial charge < -0.3 is 10.5 Å². The van der Waals surface area contributed by atoms with Gasteiger partial charge in [0.15, 0.2) is 0 Å². The molecule has 0 aliphatic rings. The van der Waals surface area contributed by atoms with Crippen LogP contribution in [0.2, 0.25) is 0 Å². The van der Waals surface area contributed by atoms with E-state index < -0.39 is 0 Å². The van der Waals surface area contributed by atoms with Crippen molar-refractivity contribution in [3.05, 3.63) is 30.5 Å². The first-order valence-electron chi connectivity index (χ1n) is 6.51. The van der Waals surface area contributed by atoms with Gasteiger partial charge in [-0.25, -0.2) is 0 Å². The van der Waals surface area contributed by atoms with Crippen LogP contribution >= 0.6 is 0 Å². The SMILES string of the molecule is CCC(CC)COc1ccnc2cc(N)ccc12. The molecular weight excluding hydrogens is 224 g/mol. The van der Waals surface area contributed by atoms with Gasteiger partial charge in [-0.1, -0.05) is 26.7 Å². The summed E-state index contributed by atoms with van der Waals surface area (Å²) in [5.41, 5.74) is 7.37. The van der Waals surface area contributed by atoms with Gasteiger partial charge in [0.1, 0.15) is 5.75 Å². The maximum atomic E-state index is 5.92. The second kappa shape index (κ2) is 5.71. The van der Waals surface area contributed by atoms with Gasteiger partial charge in [-0.05, 0) is 30.2 Å². The number of rotatable bonds is 5. The van der Waals surface area contributed by atoms with Gasteiger partial charge in [-0.2, -0.15) is 0 Å². The van der Waals surface area contributed by atoms with Gasteiger partial charge in [-0.15, -0.1) is 0 Å². The number of ether oxygens (including phenoxy) is 1. The van der Waals surface area contributed by atoms with E-state index in [-0.39, 0.29) is 0 Å². The second-order valence-corrected chi connectivity index (χ2v) is 4.58. The summed E-state index contributed by atoms with van der Waals surface area (Å²) in [5.74, 6) is 1.51. The zero-order valence-electron chi connectivity index (χ0n) is 11.0. The van der Waals surface area contributed by atoms with Gasteiger partial charge in [0.05, 0.1) is 12.1 Å². The maximum absolute atomic E-state index is 5.92. The van der Waals surface area contributed by atoms with Crippen molar-refractivity contribution in [2.75, 3.05) is 12.3 Å². The Balaban J connectivity index is 2.23. The van der Waals surface area contributed by atoms with Crippen molar-refractivity contribution in [1.29, 1.82) is 0 Å². The quantitative estimate of drug-likeness (QED) is 0.817. The molecule has 2 aromatic rings. The molecule has 0 spiro atoms. The van der Waals surface area contributed by atoms with E-state index in [0.717, 1.165) is 41.8 Å². The van der Waals surface area contributed by atoms with E-state index in [1.54, 1.807) is 6.20 Å². The van der Waals surface area contributed by atoms with E-state index in [4.69, 9.17) is 10.5 Å². The standard InChI is InChI=1S/C15H20N2O/c1-3-11(4-2)10-18-15-7-8-17-14-9-12(16)5-6-13(14)15/h5-9,11H,3-4,10,16H2,1-2H3. The first-order valence-corrected chi connectivity index (χ1v) is 6.51. The Bertz CT molecular complexity index is 521. The molecule has 0 unspecified atom stereocenters. The molecule has 0 saturated carbocycles. The number of aromatic nitrogens is 1. The van der Waals surface area contributed by atoms with Crippen molar-refractivity contribution >= 4 is 16.6 Å². The van der Waals surface area contributed by atoms with Crippen molar-refractivity contribution in [3.8, 4) is 5.75 Å². The molecule has 0 atom stereocenters. The predicted octanol–water partition coefficient (Wildman–Crippen LogP) is 3.63. The first kappa shape index (κ1) is 12.7. The molecular formula is C15H20N2O. The van der Waals surface area contributed by atoms with Crippen LogP contribution in [0.5, 0.6) is 5.75 Å². The fourth-order valence-electron chi connectivity index (χ4n) is 2.00. The highest BCUT2D eigenvalue weighted by atomic mass is 16.5. The van der Waals surface area contributed by atoms with Crippen LogP contribution in [0.4, 0.5) is 5.69 Å². The second-order valence-electron chi connectivity index (χ2n) is 4.58. The molecule has 3 heteroatoms. The molecule has 0 fully saturated rings. The van der Waals surface area contributed by atoms with E-state index in [9.17, 15) is 0 Å². The molecule has 18 heavy (non-hydrogen) atoms. The van der Waals surface area contributed by atoms with Crippen LogP contribution in [0, 0.1) is 5.92 Å². The summed E-state index contributed by atoms with van der Waals surface area (Å²) in [5, 5.41) is 1.03. The lowest BCUT2D eigenvalue weighted by atomic mass is 10.1. The van der Waals surface area contributed by atoms with Gasteiger partial charge in [0.2, 0.25) is 0 Å². The Morgan fingerprint density at radius 1 is 1.22 bits per heavy atom. The van der Waals surface area contributed by atoms with Crippen LogP contribution in [-0.2, 0) is 0 Å². The van der Waals surface area contributed by atoms with E-state index in [2.05, 4.69) is 18.8 Å². The molecule has 0 amide bonds. The topological polar surface area (TPSA) is 48.1 Å². The molecule has 0 radical (unpaired) electrons. The third kappa shape index (κ3) is 2.73. The summed E-state index contributed by atoms with van der Waals surface area (Å²) in [7, 11) is 0. The average Bonchev–Trinajstić information content (AvgIpc) is 2.39. The molecule has 96 valence electrons. The third-order valence-electron chi connectivity index (χ3n) is 3.36. The van der Waals surface area contributed by atoms with E-state index >= 15 is 0 Å². The van der Waals surface area contributed by atoms with Crippen molar-refractivity contribution in [2.24, 2.45) is 5.92 Å². The van der Waals surface area contributed by atoms with Gasteiger partial charge in [0, 0.05) is 17.3 Å². The number of hydrogen-bond acceptors (Lipinski definition) is 3. The molecule has 1 heterocycles. The Morgan fingerprint density at radius 3 is 2.72 bits per heavy atom. The lowest BCUT2D eigenvalue weighted by molar-refractivity contribution is 0.243. The smallest absolute Gasteiger partial charge is 0.130 e. The number of hydrogen-bond donors (Lipinski definition) is 1. The lowest BCUT2D eigenvalue weighted by Crippen LogP contribution is -2.10. The van der Waals surface area contributed by atoms with E-state index in [1.165, 1.54) is 0 Å². The number of nitrogens with zero attached hydrogens (tertiary/aromatic N) is 1. The molecule has 2 rings (SSSR count). The molecule has 1 aromatic carbocycles. The lowest BCUT2D eigenvalue weighted by Gasteiger charge is -2.15.